The average molecular weight is 483 g/mol. The predicted molar refractivity (Wildman–Crippen MR) is 118 cm³/mol. The van der Waals surface area contributed by atoms with Crippen LogP contribution in [-0.2, 0) is 0 Å². The number of likely N-dealkylation sites (tertiary alicyclic amines) is 1. The normalized spacial score (nSPS) is 16.0. The molecule has 3 heterocycles. The van der Waals surface area contributed by atoms with Gasteiger partial charge < -0.3 is 14.2 Å². The first-order chi connectivity index (χ1) is 16.8. The summed E-state index contributed by atoms with van der Waals surface area (Å²) in [6, 6.07) is 12.3. The van der Waals surface area contributed by atoms with Crippen molar-refractivity contribution in [1.29, 1.82) is 0 Å². The van der Waals surface area contributed by atoms with Gasteiger partial charge in [0, 0.05) is 12.6 Å². The van der Waals surface area contributed by atoms with Crippen LogP contribution in [0.3, 0.4) is 0 Å². The van der Waals surface area contributed by atoms with Crippen LogP contribution in [0, 0.1) is 6.92 Å². The lowest BCUT2D eigenvalue weighted by Gasteiger charge is -2.24. The Kier molecular flexibility index (Phi) is 5.75. The molecular weight excluding hydrogens is 463 g/mol. The van der Waals surface area contributed by atoms with Crippen molar-refractivity contribution >= 4 is 5.91 Å². The number of hydrogen-bond donors (Lipinski definition) is 0. The van der Waals surface area contributed by atoms with Crippen molar-refractivity contribution in [2.45, 2.75) is 32.2 Å². The molecule has 0 N–H and O–H groups in total. The molecule has 1 saturated heterocycles. The number of carbonyl (C=O) groups excluding carboxylic acids is 1. The number of aromatic nitrogens is 4. The molecule has 180 valence electrons. The van der Waals surface area contributed by atoms with Crippen LogP contribution >= 0.6 is 0 Å². The lowest BCUT2D eigenvalue weighted by molar-refractivity contribution is -0.274. The third-order valence-corrected chi connectivity index (χ3v) is 5.78. The number of rotatable bonds is 5. The summed E-state index contributed by atoms with van der Waals surface area (Å²) in [5.74, 6) is -0.483. The van der Waals surface area contributed by atoms with Gasteiger partial charge in [0.15, 0.2) is 5.76 Å². The zero-order chi connectivity index (χ0) is 24.6. The van der Waals surface area contributed by atoms with E-state index in [0.29, 0.717) is 29.9 Å². The van der Waals surface area contributed by atoms with E-state index >= 15 is 0 Å². The van der Waals surface area contributed by atoms with Gasteiger partial charge in [-0.25, -0.2) is 0 Å². The van der Waals surface area contributed by atoms with Crippen LogP contribution in [0.1, 0.15) is 40.5 Å². The van der Waals surface area contributed by atoms with Crippen molar-refractivity contribution in [3.05, 3.63) is 77.7 Å². The summed E-state index contributed by atoms with van der Waals surface area (Å²) in [5.41, 5.74) is 2.48. The third kappa shape index (κ3) is 4.61. The molecule has 0 aliphatic carbocycles. The molecule has 1 aliphatic rings. The fourth-order valence-corrected chi connectivity index (χ4v) is 4.26. The Morgan fingerprint density at radius 1 is 1.11 bits per heavy atom. The lowest BCUT2D eigenvalue weighted by atomic mass is 10.1. The summed E-state index contributed by atoms with van der Waals surface area (Å²) in [4.78, 5) is 16.7. The number of aryl methyl sites for hydroxylation is 1. The van der Waals surface area contributed by atoms with E-state index in [9.17, 15) is 18.0 Å². The number of alkyl halides is 3. The highest BCUT2D eigenvalue weighted by Crippen LogP contribution is 2.38. The second kappa shape index (κ2) is 8.90. The van der Waals surface area contributed by atoms with Gasteiger partial charge in [0.2, 0.25) is 0 Å². The van der Waals surface area contributed by atoms with Gasteiger partial charge in [0.1, 0.15) is 11.4 Å². The summed E-state index contributed by atoms with van der Waals surface area (Å²) in [7, 11) is 0. The molecule has 1 aliphatic heterocycles. The van der Waals surface area contributed by atoms with Gasteiger partial charge >= 0.3 is 6.36 Å². The summed E-state index contributed by atoms with van der Waals surface area (Å²) < 4.78 is 48.0. The maximum Gasteiger partial charge on any atom is 0.573 e. The molecule has 2 aromatic carbocycles. The van der Waals surface area contributed by atoms with Gasteiger partial charge in [-0.05, 0) is 44.0 Å². The van der Waals surface area contributed by atoms with E-state index in [1.165, 1.54) is 35.4 Å². The summed E-state index contributed by atoms with van der Waals surface area (Å²) in [6.07, 6.45) is -0.399. The molecule has 11 heteroatoms. The predicted octanol–water partition coefficient (Wildman–Crippen LogP) is 5.11. The molecule has 8 nitrogen and oxygen atoms in total. The molecule has 35 heavy (non-hydrogen) atoms. The minimum Gasteiger partial charge on any atom is -0.405 e. The second-order valence-corrected chi connectivity index (χ2v) is 8.16. The van der Waals surface area contributed by atoms with E-state index in [-0.39, 0.29) is 17.2 Å². The summed E-state index contributed by atoms with van der Waals surface area (Å²) in [6.45, 7) is 2.39. The highest BCUT2D eigenvalue weighted by molar-refractivity contribution is 5.98. The van der Waals surface area contributed by atoms with Crippen LogP contribution < -0.4 is 4.74 Å². The van der Waals surface area contributed by atoms with Gasteiger partial charge in [-0.15, -0.1) is 13.2 Å². The lowest BCUT2D eigenvalue weighted by Crippen LogP contribution is -2.31. The molecule has 0 radical (unpaired) electrons. The first-order valence-electron chi connectivity index (χ1n) is 10.9. The Labute approximate surface area is 197 Å². The van der Waals surface area contributed by atoms with Crippen LogP contribution in [0.5, 0.6) is 5.75 Å². The maximum atomic E-state index is 13.6. The van der Waals surface area contributed by atoms with Crippen LogP contribution in [0.2, 0.25) is 0 Å². The largest absolute Gasteiger partial charge is 0.573 e. The van der Waals surface area contributed by atoms with Crippen molar-refractivity contribution in [2.75, 3.05) is 6.54 Å². The zero-order valence-corrected chi connectivity index (χ0v) is 18.6. The van der Waals surface area contributed by atoms with Gasteiger partial charge in [-0.3, -0.25) is 4.79 Å². The minimum atomic E-state index is -4.84. The molecule has 4 aromatic rings. The fourth-order valence-electron chi connectivity index (χ4n) is 4.26. The number of halogens is 3. The number of carbonyl (C=O) groups is 1. The van der Waals surface area contributed by atoms with Crippen LogP contribution in [0.4, 0.5) is 13.2 Å². The van der Waals surface area contributed by atoms with Crippen molar-refractivity contribution in [1.82, 2.24) is 25.1 Å². The van der Waals surface area contributed by atoms with Gasteiger partial charge in [0.05, 0.1) is 35.2 Å². The van der Waals surface area contributed by atoms with E-state index in [1.54, 1.807) is 29.2 Å². The molecule has 1 amide bonds. The second-order valence-electron chi connectivity index (χ2n) is 8.16. The molecule has 0 spiro atoms. The van der Waals surface area contributed by atoms with Crippen LogP contribution in [-0.4, -0.2) is 43.9 Å². The number of amides is 1. The Balaban J connectivity index is 1.45. The number of benzene rings is 2. The summed E-state index contributed by atoms with van der Waals surface area (Å²) in [5, 5.41) is 12.4. The Morgan fingerprint density at radius 3 is 2.66 bits per heavy atom. The van der Waals surface area contributed by atoms with Crippen molar-refractivity contribution in [3.8, 4) is 22.8 Å². The standard InChI is InChI=1S/C24H20F3N5O3/c1-15-8-9-19(32-28-10-11-29-32)17(13-15)23(33)31-12-4-6-20(31)18-14-22(35-30-18)16-5-2-3-7-21(16)34-24(25,26)27/h2-3,5,7-11,13-14,20H,4,6,12H2,1H3. The first-order valence-corrected chi connectivity index (χ1v) is 10.9. The number of para-hydroxylation sites is 1. The van der Waals surface area contributed by atoms with Gasteiger partial charge in [-0.2, -0.15) is 15.0 Å². The van der Waals surface area contributed by atoms with E-state index in [4.69, 9.17) is 4.52 Å². The highest BCUT2D eigenvalue weighted by Gasteiger charge is 2.35. The van der Waals surface area contributed by atoms with Crippen LogP contribution in [0.25, 0.3) is 17.0 Å². The van der Waals surface area contributed by atoms with Gasteiger partial charge in [0.25, 0.3) is 5.91 Å². The van der Waals surface area contributed by atoms with Crippen molar-refractivity contribution in [2.24, 2.45) is 0 Å². The molecule has 2 aromatic heterocycles. The van der Waals surface area contributed by atoms with Crippen LogP contribution in [0.15, 0.2) is 65.4 Å². The monoisotopic (exact) mass is 483 g/mol. The SMILES string of the molecule is Cc1ccc(-n2nccn2)c(C(=O)N2CCCC2c2cc(-c3ccccc3OC(F)(F)F)on2)c1. The van der Waals surface area contributed by atoms with Crippen molar-refractivity contribution in [3.63, 3.8) is 0 Å². The maximum absolute atomic E-state index is 13.6. The number of nitrogens with zero attached hydrogens (tertiary/aromatic N) is 5. The molecule has 5 rings (SSSR count). The molecule has 0 saturated carbocycles. The molecule has 0 bridgehead atoms. The highest BCUT2D eigenvalue weighted by atomic mass is 19.4. The quantitative estimate of drug-likeness (QED) is 0.392. The Hall–Kier alpha value is -4.15. The average Bonchev–Trinajstić information content (AvgIpc) is 3.59. The smallest absolute Gasteiger partial charge is 0.405 e. The fraction of sp³-hybridized carbons (Fsp3) is 0.250. The van der Waals surface area contributed by atoms with E-state index < -0.39 is 18.2 Å². The summed E-state index contributed by atoms with van der Waals surface area (Å²) >= 11 is 0. The van der Waals surface area contributed by atoms with E-state index in [0.717, 1.165) is 12.0 Å². The van der Waals surface area contributed by atoms with E-state index in [2.05, 4.69) is 20.1 Å². The topological polar surface area (TPSA) is 86.3 Å². The Morgan fingerprint density at radius 2 is 1.89 bits per heavy atom. The van der Waals surface area contributed by atoms with E-state index in [1.807, 2.05) is 13.0 Å². The van der Waals surface area contributed by atoms with Gasteiger partial charge in [-0.1, -0.05) is 28.9 Å². The molecule has 1 fully saturated rings. The van der Waals surface area contributed by atoms with Crippen molar-refractivity contribution < 1.29 is 27.2 Å². The molecular formula is C24H20F3N5O3. The molecule has 1 atom stereocenters. The minimum absolute atomic E-state index is 0.116. The zero-order valence-electron chi connectivity index (χ0n) is 18.6. The first kappa shape index (κ1) is 22.6. The third-order valence-electron chi connectivity index (χ3n) is 5.78. The molecule has 1 unspecified atom stereocenters. The number of hydrogen-bond acceptors (Lipinski definition) is 6. The Bertz CT molecular complexity index is 1350. The number of ether oxygens (including phenoxy) is 1.